The number of aromatic hydroxyl groups is 1. The van der Waals surface area contributed by atoms with Gasteiger partial charge in [0.2, 0.25) is 0 Å². The third-order valence-electron chi connectivity index (χ3n) is 0.756. The Morgan fingerprint density at radius 1 is 1.30 bits per heavy atom. The molecule has 1 aromatic rings. The SMILES string of the molecule is O=[O+][O-].Oc1ccccc1. The summed E-state index contributed by atoms with van der Waals surface area (Å²) in [6, 6.07) is 8.71. The largest absolute Gasteiger partial charge is 0.508 e. The summed E-state index contributed by atoms with van der Waals surface area (Å²) >= 11 is 0. The minimum atomic E-state index is 0.322. The van der Waals surface area contributed by atoms with E-state index in [0.717, 1.165) is 0 Å². The number of benzene rings is 1. The molecule has 0 aromatic heterocycles. The second kappa shape index (κ2) is 5.55. The van der Waals surface area contributed by atoms with Gasteiger partial charge in [-0.25, -0.2) is 0 Å². The zero-order chi connectivity index (χ0) is 7.82. The van der Waals surface area contributed by atoms with Gasteiger partial charge in [-0.15, -0.1) is 0 Å². The van der Waals surface area contributed by atoms with E-state index in [0.29, 0.717) is 5.75 Å². The topological polar surface area (TPSA) is 71.7 Å². The van der Waals surface area contributed by atoms with Gasteiger partial charge < -0.3 is 5.11 Å². The average Bonchev–Trinajstić information content (AvgIpc) is 1.91. The molecule has 0 fully saturated rings. The van der Waals surface area contributed by atoms with Crippen LogP contribution in [0, 0.1) is 9.71 Å². The molecule has 0 aliphatic heterocycles. The van der Waals surface area contributed by atoms with Gasteiger partial charge in [0, 0.05) is 0 Å². The van der Waals surface area contributed by atoms with E-state index in [2.05, 4.69) is 0 Å². The fourth-order valence-electron chi connectivity index (χ4n) is 0.428. The molecule has 1 aromatic carbocycles. The molecular formula is C6H6O4. The van der Waals surface area contributed by atoms with Crippen molar-refractivity contribution in [2.24, 2.45) is 0 Å². The smallest absolute Gasteiger partial charge is 0.154 e. The Bertz CT molecular complexity index is 172. The lowest BCUT2D eigenvalue weighted by atomic mass is 10.3. The zero-order valence-electron chi connectivity index (χ0n) is 5.06. The summed E-state index contributed by atoms with van der Waals surface area (Å²) in [6.07, 6.45) is 0. The Morgan fingerprint density at radius 3 is 1.90 bits per heavy atom. The van der Waals surface area contributed by atoms with Gasteiger partial charge in [0.05, 0.1) is 0 Å². The summed E-state index contributed by atoms with van der Waals surface area (Å²) in [5.74, 6) is 0.322. The van der Waals surface area contributed by atoms with Crippen molar-refractivity contribution in [3.8, 4) is 5.75 Å². The highest BCUT2D eigenvalue weighted by Crippen LogP contribution is 2.02. The van der Waals surface area contributed by atoms with E-state index in [1.165, 1.54) is 0 Å². The molecule has 4 heteroatoms. The quantitative estimate of drug-likeness (QED) is 0.321. The number of hydrogen-bond acceptors (Lipinski definition) is 3. The Hall–Kier alpha value is -1.58. The summed E-state index contributed by atoms with van der Waals surface area (Å²) < 4.78 is 1.75. The van der Waals surface area contributed by atoms with Crippen LogP contribution in [-0.4, -0.2) is 5.11 Å². The minimum absolute atomic E-state index is 0.322. The highest BCUT2D eigenvalue weighted by atomic mass is 17.2. The van der Waals surface area contributed by atoms with Gasteiger partial charge in [0.25, 0.3) is 0 Å². The molecule has 0 aliphatic rings. The molecule has 1 rings (SSSR count). The molecule has 54 valence electrons. The van der Waals surface area contributed by atoms with Crippen molar-refractivity contribution >= 4 is 0 Å². The van der Waals surface area contributed by atoms with Crippen LogP contribution in [0.2, 0.25) is 0 Å². The van der Waals surface area contributed by atoms with E-state index < -0.39 is 0 Å². The third kappa shape index (κ3) is 4.58. The van der Waals surface area contributed by atoms with Crippen LogP contribution in [0.25, 0.3) is 0 Å². The van der Waals surface area contributed by atoms with E-state index in [9.17, 15) is 0 Å². The number of phenolic OH excluding ortho intramolecular Hbond substituents is 1. The molecular weight excluding hydrogens is 136 g/mol. The molecule has 0 bridgehead atoms. The van der Waals surface area contributed by atoms with Crippen LogP contribution in [-0.2, 0) is 0 Å². The second-order valence-electron chi connectivity index (χ2n) is 1.40. The molecule has 0 radical (unpaired) electrons. The molecule has 0 saturated heterocycles. The summed E-state index contributed by atoms with van der Waals surface area (Å²) in [7, 11) is 0. The standard InChI is InChI=1S/C6H6O.O3/c7-6-4-2-1-3-5-6;1-3-2/h1-5,7H;. The summed E-state index contributed by atoms with van der Waals surface area (Å²) in [5.41, 5.74) is 0. The van der Waals surface area contributed by atoms with Crippen LogP contribution in [0.5, 0.6) is 5.75 Å². The van der Waals surface area contributed by atoms with Gasteiger partial charge in [-0.2, -0.15) is 0 Å². The van der Waals surface area contributed by atoms with Gasteiger partial charge in [0.1, 0.15) is 5.75 Å². The van der Waals surface area contributed by atoms with Crippen LogP contribution in [0.4, 0.5) is 0 Å². The molecule has 0 unspecified atom stereocenters. The van der Waals surface area contributed by atoms with Gasteiger partial charge in [-0.3, -0.25) is 0 Å². The summed E-state index contributed by atoms with van der Waals surface area (Å²) in [4.78, 5) is 7.88. The van der Waals surface area contributed by atoms with Crippen molar-refractivity contribution in [3.05, 3.63) is 40.0 Å². The van der Waals surface area contributed by atoms with Crippen LogP contribution in [0.1, 0.15) is 0 Å². The van der Waals surface area contributed by atoms with E-state index in [1.807, 2.05) is 6.07 Å². The molecule has 0 spiro atoms. The van der Waals surface area contributed by atoms with Crippen molar-refractivity contribution in [1.29, 1.82) is 0 Å². The van der Waals surface area contributed by atoms with E-state index >= 15 is 0 Å². The van der Waals surface area contributed by atoms with Crippen molar-refractivity contribution in [1.82, 2.24) is 0 Å². The predicted molar refractivity (Wildman–Crippen MR) is 34.8 cm³/mol. The van der Waals surface area contributed by atoms with Gasteiger partial charge in [-0.1, -0.05) is 28.4 Å². The first-order valence-corrected chi connectivity index (χ1v) is 2.47. The Kier molecular flexibility index (Phi) is 4.68. The van der Waals surface area contributed by atoms with Gasteiger partial charge >= 0.3 is 0 Å². The van der Waals surface area contributed by atoms with Crippen molar-refractivity contribution in [2.75, 3.05) is 0 Å². The van der Waals surface area contributed by atoms with Crippen molar-refractivity contribution in [2.45, 2.75) is 0 Å². The lowest BCUT2D eigenvalue weighted by Crippen LogP contribution is -1.82. The van der Waals surface area contributed by atoms with Crippen LogP contribution in [0.3, 0.4) is 0 Å². The third-order valence-corrected chi connectivity index (χ3v) is 0.756. The Balaban J connectivity index is 0.000000236. The maximum Gasteiger partial charge on any atom is 0.154 e. The first-order valence-electron chi connectivity index (χ1n) is 2.47. The molecule has 0 atom stereocenters. The molecule has 0 saturated carbocycles. The van der Waals surface area contributed by atoms with E-state index in [4.69, 9.17) is 15.3 Å². The predicted octanol–water partition coefficient (Wildman–Crippen LogP) is 0.270. The monoisotopic (exact) mass is 142 g/mol. The number of para-hydroxylation sites is 1. The normalized spacial score (nSPS) is 7.20. The molecule has 10 heavy (non-hydrogen) atoms. The first-order chi connectivity index (χ1) is 4.81. The molecule has 1 N–H and O–H groups in total. The number of hydrogen-bond donors (Lipinski definition) is 1. The highest BCUT2D eigenvalue weighted by Gasteiger charge is 1.74. The minimum Gasteiger partial charge on any atom is -0.508 e. The Labute approximate surface area is 57.2 Å². The molecule has 4 nitrogen and oxygen atoms in total. The number of rotatable bonds is 0. The second-order valence-corrected chi connectivity index (χ2v) is 1.40. The van der Waals surface area contributed by atoms with Crippen molar-refractivity contribution in [3.63, 3.8) is 0 Å². The average molecular weight is 142 g/mol. The lowest BCUT2D eigenvalue weighted by Gasteiger charge is -1.82. The fourth-order valence-corrected chi connectivity index (χ4v) is 0.428. The Morgan fingerprint density at radius 2 is 1.70 bits per heavy atom. The zero-order valence-corrected chi connectivity index (χ0v) is 5.06. The van der Waals surface area contributed by atoms with Gasteiger partial charge in [0.15, 0.2) is 4.75 Å². The van der Waals surface area contributed by atoms with Gasteiger partial charge in [-0.05, 0) is 12.1 Å². The molecule has 0 heterocycles. The highest BCUT2D eigenvalue weighted by molar-refractivity contribution is 5.18. The van der Waals surface area contributed by atoms with E-state index in [-0.39, 0.29) is 0 Å². The van der Waals surface area contributed by atoms with Crippen LogP contribution < -0.4 is 5.26 Å². The molecule has 0 aliphatic carbocycles. The summed E-state index contributed by atoms with van der Waals surface area (Å²) in [6.45, 7) is 0. The van der Waals surface area contributed by atoms with Crippen molar-refractivity contribution < 1.29 is 10.4 Å². The maximum absolute atomic E-state index is 8.63. The summed E-state index contributed by atoms with van der Waals surface area (Å²) in [5, 5.41) is 16.5. The maximum atomic E-state index is 8.63. The fraction of sp³-hybridized carbons (Fsp3) is 0. The van der Waals surface area contributed by atoms with Crippen LogP contribution in [0.15, 0.2) is 30.3 Å². The first kappa shape index (κ1) is 8.42. The lowest BCUT2D eigenvalue weighted by molar-refractivity contribution is -0.284. The number of phenols is 1. The molecule has 0 amide bonds. The van der Waals surface area contributed by atoms with Crippen LogP contribution >= 0.6 is 0 Å². The van der Waals surface area contributed by atoms with E-state index in [1.54, 1.807) is 29.0 Å².